The van der Waals surface area contributed by atoms with Crippen LogP contribution in [0.1, 0.15) is 57.5 Å². The molecule has 3 nitrogen and oxygen atoms in total. The summed E-state index contributed by atoms with van der Waals surface area (Å²) in [6.45, 7) is 0. The molecule has 0 saturated heterocycles. The Balaban J connectivity index is 1.66. The predicted molar refractivity (Wildman–Crippen MR) is 88.3 cm³/mol. The minimum absolute atomic E-state index is 0.341. The summed E-state index contributed by atoms with van der Waals surface area (Å²) in [6.07, 6.45) is -2.30. The van der Waals surface area contributed by atoms with Crippen LogP contribution in [0.15, 0.2) is 36.4 Å². The van der Waals surface area contributed by atoms with Crippen molar-refractivity contribution in [1.29, 1.82) is 0 Å². The van der Waals surface area contributed by atoms with Crippen LogP contribution < -0.4 is 4.74 Å². The largest absolute Gasteiger partial charge is 0.485 e. The first-order chi connectivity index (χ1) is 12.3. The Kier molecular flexibility index (Phi) is 3.93. The number of carbonyl (C=O) groups excluding carboxylic acids is 1. The second-order valence-corrected chi connectivity index (χ2v) is 6.79. The average molecular weight is 362 g/mol. The summed E-state index contributed by atoms with van der Waals surface area (Å²) < 4.78 is 49.4. The lowest BCUT2D eigenvalue weighted by Gasteiger charge is -2.14. The van der Waals surface area contributed by atoms with Gasteiger partial charge in [0.15, 0.2) is 0 Å². The van der Waals surface area contributed by atoms with Gasteiger partial charge in [0.1, 0.15) is 11.9 Å². The summed E-state index contributed by atoms with van der Waals surface area (Å²) in [7, 11) is 1.33. The van der Waals surface area contributed by atoms with Gasteiger partial charge in [0.25, 0.3) is 0 Å². The normalized spacial score (nSPS) is 19.0. The lowest BCUT2D eigenvalue weighted by atomic mass is 9.96. The molecule has 0 spiro atoms. The van der Waals surface area contributed by atoms with Gasteiger partial charge in [-0.05, 0) is 65.8 Å². The van der Waals surface area contributed by atoms with Crippen molar-refractivity contribution < 1.29 is 27.4 Å². The number of fused-ring (bicyclic) bond motifs is 1. The molecule has 0 amide bonds. The van der Waals surface area contributed by atoms with Crippen LogP contribution in [0.3, 0.4) is 0 Å². The van der Waals surface area contributed by atoms with Crippen LogP contribution in [0.2, 0.25) is 0 Å². The van der Waals surface area contributed by atoms with E-state index in [2.05, 4.69) is 0 Å². The molecule has 6 heteroatoms. The molecule has 2 aromatic carbocycles. The van der Waals surface area contributed by atoms with Crippen molar-refractivity contribution in [1.82, 2.24) is 0 Å². The van der Waals surface area contributed by atoms with Crippen molar-refractivity contribution in [3.63, 3.8) is 0 Å². The number of carbonyl (C=O) groups is 1. The first-order valence-electron chi connectivity index (χ1n) is 8.45. The summed E-state index contributed by atoms with van der Waals surface area (Å²) in [5, 5.41) is 0. The predicted octanol–water partition coefficient (Wildman–Crippen LogP) is 5.05. The number of rotatable bonds is 3. The molecular formula is C20H17F3O3. The number of halogens is 3. The summed E-state index contributed by atoms with van der Waals surface area (Å²) >= 11 is 0. The van der Waals surface area contributed by atoms with Crippen LogP contribution in [-0.4, -0.2) is 13.1 Å². The molecule has 1 unspecified atom stereocenters. The highest BCUT2D eigenvalue weighted by Gasteiger charge is 2.34. The maximum Gasteiger partial charge on any atom is 0.416 e. The van der Waals surface area contributed by atoms with Gasteiger partial charge in [-0.2, -0.15) is 13.2 Å². The molecule has 2 aliphatic rings. The van der Waals surface area contributed by atoms with Crippen LogP contribution in [0.4, 0.5) is 13.2 Å². The van der Waals surface area contributed by atoms with Crippen molar-refractivity contribution in [3.8, 4) is 5.75 Å². The Hall–Kier alpha value is -2.50. The van der Waals surface area contributed by atoms with Crippen molar-refractivity contribution in [2.75, 3.05) is 7.11 Å². The molecular weight excluding hydrogens is 345 g/mol. The third-order valence-electron chi connectivity index (χ3n) is 4.88. The number of ether oxygens (including phenoxy) is 2. The number of esters is 1. The SMILES string of the molecule is COC(=O)c1cc(C2CC2)cc(C2Cc3cc(C(F)(F)F)ccc3O2)c1. The van der Waals surface area contributed by atoms with Crippen LogP contribution in [0, 0.1) is 0 Å². The van der Waals surface area contributed by atoms with Gasteiger partial charge < -0.3 is 9.47 Å². The highest BCUT2D eigenvalue weighted by molar-refractivity contribution is 5.89. The standard InChI is InChI=1S/C20H17F3O3/c1-25-19(24)15-7-12(11-2-3-11)6-13(8-15)18-10-14-9-16(20(21,22)23)4-5-17(14)26-18/h4-9,11,18H,2-3,10H2,1H3. The molecule has 2 aromatic rings. The maximum absolute atomic E-state index is 12.9. The summed E-state index contributed by atoms with van der Waals surface area (Å²) in [5.41, 5.74) is 2.14. The molecule has 1 fully saturated rings. The van der Waals surface area contributed by atoms with Crippen molar-refractivity contribution >= 4 is 5.97 Å². The minimum Gasteiger partial charge on any atom is -0.485 e. The molecule has 1 saturated carbocycles. The van der Waals surface area contributed by atoms with E-state index < -0.39 is 23.8 Å². The fourth-order valence-corrected chi connectivity index (χ4v) is 3.36. The Bertz CT molecular complexity index is 869. The molecule has 1 aliphatic heterocycles. The Morgan fingerprint density at radius 1 is 1.12 bits per heavy atom. The quantitative estimate of drug-likeness (QED) is 0.717. The first-order valence-corrected chi connectivity index (χ1v) is 8.45. The topological polar surface area (TPSA) is 35.5 Å². The Morgan fingerprint density at radius 2 is 1.85 bits per heavy atom. The highest BCUT2D eigenvalue weighted by atomic mass is 19.4. The number of hydrogen-bond acceptors (Lipinski definition) is 3. The third-order valence-corrected chi connectivity index (χ3v) is 4.88. The first kappa shape index (κ1) is 16.9. The number of methoxy groups -OCH3 is 1. The average Bonchev–Trinajstić information content (AvgIpc) is 3.38. The van der Waals surface area contributed by atoms with Gasteiger partial charge in [0.2, 0.25) is 0 Å². The van der Waals surface area contributed by atoms with E-state index in [4.69, 9.17) is 9.47 Å². The number of benzene rings is 2. The van der Waals surface area contributed by atoms with Crippen molar-refractivity contribution in [2.45, 2.75) is 37.5 Å². The lowest BCUT2D eigenvalue weighted by molar-refractivity contribution is -0.137. The minimum atomic E-state index is -4.38. The van der Waals surface area contributed by atoms with Gasteiger partial charge in [-0.3, -0.25) is 0 Å². The molecule has 0 N–H and O–H groups in total. The van der Waals surface area contributed by atoms with Crippen LogP contribution in [-0.2, 0) is 17.3 Å². The van der Waals surface area contributed by atoms with E-state index in [0.717, 1.165) is 36.1 Å². The molecule has 4 rings (SSSR count). The maximum atomic E-state index is 12.9. The zero-order valence-corrected chi connectivity index (χ0v) is 14.1. The van der Waals surface area contributed by atoms with Crippen LogP contribution in [0.25, 0.3) is 0 Å². The fraction of sp³-hybridized carbons (Fsp3) is 0.350. The molecule has 0 radical (unpaired) electrons. The molecule has 1 aliphatic carbocycles. The zero-order valence-electron chi connectivity index (χ0n) is 14.1. The molecule has 26 heavy (non-hydrogen) atoms. The molecule has 1 heterocycles. The van der Waals surface area contributed by atoms with Crippen molar-refractivity contribution in [3.05, 3.63) is 64.2 Å². The molecule has 0 bridgehead atoms. The lowest BCUT2D eigenvalue weighted by Crippen LogP contribution is -2.08. The second kappa shape index (κ2) is 6.04. The third kappa shape index (κ3) is 3.16. The number of alkyl halides is 3. The van der Waals surface area contributed by atoms with Gasteiger partial charge in [-0.25, -0.2) is 4.79 Å². The van der Waals surface area contributed by atoms with E-state index in [0.29, 0.717) is 29.2 Å². The van der Waals surface area contributed by atoms with E-state index in [1.54, 1.807) is 6.07 Å². The fourth-order valence-electron chi connectivity index (χ4n) is 3.36. The summed E-state index contributed by atoms with van der Waals surface area (Å²) in [4.78, 5) is 12.0. The molecule has 1 atom stereocenters. The van der Waals surface area contributed by atoms with Crippen LogP contribution in [0.5, 0.6) is 5.75 Å². The molecule has 0 aromatic heterocycles. The van der Waals surface area contributed by atoms with Gasteiger partial charge in [-0.15, -0.1) is 0 Å². The highest BCUT2D eigenvalue weighted by Crippen LogP contribution is 2.44. The van der Waals surface area contributed by atoms with Gasteiger partial charge >= 0.3 is 12.1 Å². The van der Waals surface area contributed by atoms with Gasteiger partial charge in [0, 0.05) is 6.42 Å². The zero-order chi connectivity index (χ0) is 18.5. The van der Waals surface area contributed by atoms with E-state index in [1.807, 2.05) is 12.1 Å². The van der Waals surface area contributed by atoms with Crippen LogP contribution >= 0.6 is 0 Å². The van der Waals surface area contributed by atoms with Gasteiger partial charge in [-0.1, -0.05) is 6.07 Å². The Labute approximate surface area is 148 Å². The summed E-state index contributed by atoms with van der Waals surface area (Å²) in [6, 6.07) is 9.06. The van der Waals surface area contributed by atoms with E-state index in [9.17, 15) is 18.0 Å². The van der Waals surface area contributed by atoms with Gasteiger partial charge in [0.05, 0.1) is 18.2 Å². The number of hydrogen-bond donors (Lipinski definition) is 0. The van der Waals surface area contributed by atoms with Crippen molar-refractivity contribution in [2.24, 2.45) is 0 Å². The monoisotopic (exact) mass is 362 g/mol. The smallest absolute Gasteiger partial charge is 0.416 e. The summed E-state index contributed by atoms with van der Waals surface area (Å²) in [5.74, 6) is 0.460. The van der Waals surface area contributed by atoms with E-state index in [1.165, 1.54) is 13.2 Å². The Morgan fingerprint density at radius 3 is 2.50 bits per heavy atom. The molecule has 136 valence electrons. The van der Waals surface area contributed by atoms with E-state index >= 15 is 0 Å². The van der Waals surface area contributed by atoms with E-state index in [-0.39, 0.29) is 0 Å². The second-order valence-electron chi connectivity index (χ2n) is 6.79.